The number of amides is 1. The minimum Gasteiger partial charge on any atom is -0.461 e. The van der Waals surface area contributed by atoms with Gasteiger partial charge in [-0.3, -0.25) is 4.79 Å². The molecule has 0 spiro atoms. The molecule has 3 rings (SSSR count). The first-order chi connectivity index (χ1) is 12.1. The number of aromatic nitrogens is 3. The van der Waals surface area contributed by atoms with E-state index in [0.29, 0.717) is 17.6 Å². The van der Waals surface area contributed by atoms with Crippen LogP contribution in [-0.4, -0.2) is 43.4 Å². The summed E-state index contributed by atoms with van der Waals surface area (Å²) >= 11 is 1.46. The first kappa shape index (κ1) is 18.0. The number of carbonyl (C=O) groups is 1. The van der Waals surface area contributed by atoms with Crippen LogP contribution in [0.2, 0.25) is 0 Å². The molecule has 1 aliphatic rings. The number of thioether (sulfide) groups is 1. The number of rotatable bonds is 6. The monoisotopic (exact) mass is 362 g/mol. The Balaban J connectivity index is 1.68. The Morgan fingerprint density at radius 3 is 2.80 bits per heavy atom. The summed E-state index contributed by atoms with van der Waals surface area (Å²) in [5.74, 6) is 1.55. The average molecular weight is 362 g/mol. The Hall–Kier alpha value is -1.76. The van der Waals surface area contributed by atoms with Crippen molar-refractivity contribution < 1.29 is 9.21 Å². The zero-order valence-corrected chi connectivity index (χ0v) is 16.0. The van der Waals surface area contributed by atoms with Crippen molar-refractivity contribution in [1.29, 1.82) is 0 Å². The van der Waals surface area contributed by atoms with E-state index in [1.165, 1.54) is 31.0 Å². The highest BCUT2D eigenvalue weighted by Gasteiger charge is 2.29. The third-order valence-corrected chi connectivity index (χ3v) is 5.97. The van der Waals surface area contributed by atoms with Crippen molar-refractivity contribution in [1.82, 2.24) is 19.7 Å². The molecular formula is C18H26N4O2S. The fraction of sp³-hybridized carbons (Fsp3) is 0.611. The molecule has 6 nitrogen and oxygen atoms in total. The molecule has 1 saturated carbocycles. The zero-order chi connectivity index (χ0) is 17.8. The van der Waals surface area contributed by atoms with Gasteiger partial charge in [0.25, 0.3) is 0 Å². The Bertz CT molecular complexity index is 692. The maximum absolute atomic E-state index is 13.0. The summed E-state index contributed by atoms with van der Waals surface area (Å²) in [4.78, 5) is 15.0. The number of hydrogen-bond acceptors (Lipinski definition) is 5. The zero-order valence-electron chi connectivity index (χ0n) is 15.1. The van der Waals surface area contributed by atoms with E-state index in [1.54, 1.807) is 6.26 Å². The van der Waals surface area contributed by atoms with Crippen LogP contribution in [0.3, 0.4) is 0 Å². The van der Waals surface area contributed by atoms with E-state index in [1.807, 2.05) is 30.7 Å². The van der Waals surface area contributed by atoms with Crippen LogP contribution in [0.15, 0.2) is 28.0 Å². The van der Waals surface area contributed by atoms with Gasteiger partial charge in [0, 0.05) is 19.6 Å². The largest absolute Gasteiger partial charge is 0.461 e. The van der Waals surface area contributed by atoms with Gasteiger partial charge in [0.15, 0.2) is 16.7 Å². The van der Waals surface area contributed by atoms with Crippen molar-refractivity contribution in [3.8, 4) is 11.6 Å². The van der Waals surface area contributed by atoms with Crippen molar-refractivity contribution in [2.75, 3.05) is 6.54 Å². The fourth-order valence-corrected chi connectivity index (χ4v) is 4.35. The van der Waals surface area contributed by atoms with Crippen LogP contribution in [0.5, 0.6) is 0 Å². The smallest absolute Gasteiger partial charge is 0.236 e. The van der Waals surface area contributed by atoms with Gasteiger partial charge in [0.1, 0.15) is 0 Å². The lowest BCUT2D eigenvalue weighted by atomic mass is 9.94. The van der Waals surface area contributed by atoms with Crippen molar-refractivity contribution in [2.45, 2.75) is 62.4 Å². The Morgan fingerprint density at radius 2 is 2.16 bits per heavy atom. The maximum Gasteiger partial charge on any atom is 0.236 e. The molecule has 1 atom stereocenters. The lowest BCUT2D eigenvalue weighted by Crippen LogP contribution is -2.44. The molecule has 2 aromatic rings. The van der Waals surface area contributed by atoms with E-state index in [0.717, 1.165) is 24.5 Å². The third-order valence-electron chi connectivity index (χ3n) is 4.85. The molecule has 0 bridgehead atoms. The van der Waals surface area contributed by atoms with Crippen LogP contribution >= 0.6 is 11.8 Å². The second-order valence-electron chi connectivity index (χ2n) is 6.52. The molecule has 136 valence electrons. The van der Waals surface area contributed by atoms with E-state index < -0.39 is 0 Å². The summed E-state index contributed by atoms with van der Waals surface area (Å²) in [6, 6.07) is 4.08. The van der Waals surface area contributed by atoms with Gasteiger partial charge >= 0.3 is 0 Å². The van der Waals surface area contributed by atoms with E-state index in [-0.39, 0.29) is 11.2 Å². The van der Waals surface area contributed by atoms with Crippen LogP contribution < -0.4 is 0 Å². The highest BCUT2D eigenvalue weighted by molar-refractivity contribution is 8.00. The number of furan rings is 1. The summed E-state index contributed by atoms with van der Waals surface area (Å²) in [5.41, 5.74) is 0. The van der Waals surface area contributed by atoms with Gasteiger partial charge in [0.2, 0.25) is 5.91 Å². The highest BCUT2D eigenvalue weighted by atomic mass is 32.2. The van der Waals surface area contributed by atoms with Gasteiger partial charge in [0.05, 0.1) is 11.5 Å². The Kier molecular flexibility index (Phi) is 5.83. The topological polar surface area (TPSA) is 64.2 Å². The molecule has 7 heteroatoms. The molecule has 25 heavy (non-hydrogen) atoms. The van der Waals surface area contributed by atoms with Crippen LogP contribution in [-0.2, 0) is 11.8 Å². The first-order valence-electron chi connectivity index (χ1n) is 9.02. The molecule has 0 N–H and O–H groups in total. The second-order valence-corrected chi connectivity index (χ2v) is 7.83. The van der Waals surface area contributed by atoms with Crippen molar-refractivity contribution >= 4 is 17.7 Å². The predicted molar refractivity (Wildman–Crippen MR) is 98.3 cm³/mol. The molecule has 0 aromatic carbocycles. The molecule has 1 fully saturated rings. The lowest BCUT2D eigenvalue weighted by molar-refractivity contribution is -0.133. The van der Waals surface area contributed by atoms with Crippen LogP contribution in [0, 0.1) is 0 Å². The standard InChI is InChI=1S/C18H26N4O2S/c1-4-22(14-9-6-5-7-10-14)17(23)13(2)25-18-20-19-16(21(18)3)15-11-8-12-24-15/h8,11-14H,4-7,9-10H2,1-3H3/t13-/m1/s1. The number of carbonyl (C=O) groups excluding carboxylic acids is 1. The summed E-state index contributed by atoms with van der Waals surface area (Å²) < 4.78 is 7.27. The fourth-order valence-electron chi connectivity index (χ4n) is 3.47. The summed E-state index contributed by atoms with van der Waals surface area (Å²) in [5, 5.41) is 8.98. The van der Waals surface area contributed by atoms with Gasteiger partial charge in [-0.05, 0) is 38.8 Å². The molecular weight excluding hydrogens is 336 g/mol. The molecule has 0 aliphatic heterocycles. The first-order valence-corrected chi connectivity index (χ1v) is 9.90. The average Bonchev–Trinajstić information content (AvgIpc) is 3.27. The summed E-state index contributed by atoms with van der Waals surface area (Å²) in [6.45, 7) is 4.80. The van der Waals surface area contributed by atoms with Crippen molar-refractivity contribution in [2.24, 2.45) is 7.05 Å². The molecule has 2 aromatic heterocycles. The molecule has 2 heterocycles. The minimum atomic E-state index is -0.186. The molecule has 0 unspecified atom stereocenters. The minimum absolute atomic E-state index is 0.186. The molecule has 1 amide bonds. The van der Waals surface area contributed by atoms with Crippen LogP contribution in [0.25, 0.3) is 11.6 Å². The van der Waals surface area contributed by atoms with Crippen molar-refractivity contribution in [3.05, 3.63) is 18.4 Å². The van der Waals surface area contributed by atoms with Gasteiger partial charge in [-0.15, -0.1) is 10.2 Å². The molecule has 0 radical (unpaired) electrons. The van der Waals surface area contributed by atoms with Crippen molar-refractivity contribution in [3.63, 3.8) is 0 Å². The van der Waals surface area contributed by atoms with Gasteiger partial charge in [-0.2, -0.15) is 0 Å². The SMILES string of the molecule is CCN(C(=O)[C@@H](C)Sc1nnc(-c2ccco2)n1C)C1CCCCC1. The number of hydrogen-bond donors (Lipinski definition) is 0. The van der Waals surface area contributed by atoms with E-state index in [4.69, 9.17) is 4.42 Å². The molecule has 1 aliphatic carbocycles. The lowest BCUT2D eigenvalue weighted by Gasteiger charge is -2.35. The summed E-state index contributed by atoms with van der Waals surface area (Å²) in [7, 11) is 1.90. The normalized spacial score (nSPS) is 16.8. The van der Waals surface area contributed by atoms with E-state index in [2.05, 4.69) is 22.0 Å². The third kappa shape index (κ3) is 3.92. The Labute approximate surface area is 153 Å². The van der Waals surface area contributed by atoms with E-state index in [9.17, 15) is 4.79 Å². The predicted octanol–water partition coefficient (Wildman–Crippen LogP) is 3.74. The maximum atomic E-state index is 13.0. The summed E-state index contributed by atoms with van der Waals surface area (Å²) in [6.07, 6.45) is 7.62. The van der Waals surface area contributed by atoms with Gasteiger partial charge in [-0.25, -0.2) is 0 Å². The molecule has 0 saturated heterocycles. The van der Waals surface area contributed by atoms with Gasteiger partial charge in [-0.1, -0.05) is 31.0 Å². The highest BCUT2D eigenvalue weighted by Crippen LogP contribution is 2.29. The van der Waals surface area contributed by atoms with E-state index >= 15 is 0 Å². The quantitative estimate of drug-likeness (QED) is 0.733. The van der Waals surface area contributed by atoms with Crippen LogP contribution in [0.4, 0.5) is 0 Å². The van der Waals surface area contributed by atoms with Gasteiger partial charge < -0.3 is 13.9 Å². The number of nitrogens with zero attached hydrogens (tertiary/aromatic N) is 4. The van der Waals surface area contributed by atoms with Crippen LogP contribution in [0.1, 0.15) is 46.0 Å². The second kappa shape index (κ2) is 8.08. The Morgan fingerprint density at radius 1 is 1.40 bits per heavy atom.